The number of likely N-dealkylation sites (N-methyl/N-ethyl adjacent to an activating group) is 1. The molecule has 0 aliphatic heterocycles. The number of rotatable bonds is 4. The highest BCUT2D eigenvalue weighted by atomic mass is 35.5. The second-order valence-corrected chi connectivity index (χ2v) is 6.20. The third-order valence-electron chi connectivity index (χ3n) is 4.51. The van der Waals surface area contributed by atoms with Crippen molar-refractivity contribution < 1.29 is 0 Å². The van der Waals surface area contributed by atoms with Gasteiger partial charge in [-0.15, -0.1) is 0 Å². The van der Waals surface area contributed by atoms with Crippen LogP contribution in [-0.2, 0) is 13.5 Å². The van der Waals surface area contributed by atoms with Gasteiger partial charge in [-0.3, -0.25) is 4.68 Å². The van der Waals surface area contributed by atoms with E-state index < -0.39 is 0 Å². The van der Waals surface area contributed by atoms with Crippen LogP contribution in [0.4, 0.5) is 0 Å². The first-order valence-electron chi connectivity index (χ1n) is 7.48. The van der Waals surface area contributed by atoms with Crippen LogP contribution < -0.4 is 5.32 Å². The third-order valence-corrected chi connectivity index (χ3v) is 5.01. The fourth-order valence-electron chi connectivity index (χ4n) is 3.33. The molecular formula is C15H26ClN3. The highest BCUT2D eigenvalue weighted by molar-refractivity contribution is 6.31. The molecule has 1 aliphatic rings. The smallest absolute Gasteiger partial charge is 0.0847 e. The first-order valence-corrected chi connectivity index (χ1v) is 7.86. The van der Waals surface area contributed by atoms with Gasteiger partial charge in [0, 0.05) is 19.5 Å². The Kier molecular flexibility index (Phi) is 5.28. The fourth-order valence-corrected chi connectivity index (χ4v) is 3.57. The summed E-state index contributed by atoms with van der Waals surface area (Å²) in [5, 5.41) is 8.77. The summed E-state index contributed by atoms with van der Waals surface area (Å²) in [7, 11) is 4.07. The molecule has 108 valence electrons. The Morgan fingerprint density at radius 3 is 2.42 bits per heavy atom. The van der Waals surface area contributed by atoms with E-state index in [-0.39, 0.29) is 0 Å². The van der Waals surface area contributed by atoms with Crippen molar-refractivity contribution in [2.24, 2.45) is 13.0 Å². The SMILES string of the molecule is CNC(Cc1c(Cl)c(C)nn1C)C1CCCCCC1. The molecule has 3 nitrogen and oxygen atoms in total. The van der Waals surface area contributed by atoms with Gasteiger partial charge < -0.3 is 5.32 Å². The first-order chi connectivity index (χ1) is 9.13. The van der Waals surface area contributed by atoms with Crippen LogP contribution in [0.2, 0.25) is 5.02 Å². The molecule has 1 N–H and O–H groups in total. The summed E-state index contributed by atoms with van der Waals surface area (Å²) >= 11 is 6.38. The largest absolute Gasteiger partial charge is 0.316 e. The van der Waals surface area contributed by atoms with Crippen LogP contribution in [0.5, 0.6) is 0 Å². The average molecular weight is 284 g/mol. The van der Waals surface area contributed by atoms with E-state index in [0.29, 0.717) is 6.04 Å². The fraction of sp³-hybridized carbons (Fsp3) is 0.800. The van der Waals surface area contributed by atoms with Gasteiger partial charge in [0.1, 0.15) is 0 Å². The van der Waals surface area contributed by atoms with Crippen LogP contribution >= 0.6 is 11.6 Å². The number of nitrogens with one attached hydrogen (secondary N) is 1. The summed E-state index contributed by atoms with van der Waals surface area (Å²) in [5.74, 6) is 0.777. The third kappa shape index (κ3) is 3.51. The van der Waals surface area contributed by atoms with Gasteiger partial charge >= 0.3 is 0 Å². The van der Waals surface area contributed by atoms with Crippen LogP contribution in [0, 0.1) is 12.8 Å². The standard InChI is InChI=1S/C15H26ClN3/c1-11-15(16)14(19(3)18-11)10-13(17-2)12-8-6-4-5-7-9-12/h12-13,17H,4-10H2,1-3H3. The Balaban J connectivity index is 2.09. The Bertz CT molecular complexity index is 406. The molecule has 1 aliphatic carbocycles. The molecule has 0 radical (unpaired) electrons. The van der Waals surface area contributed by atoms with Gasteiger partial charge in [-0.2, -0.15) is 5.10 Å². The number of hydrogen-bond acceptors (Lipinski definition) is 2. The molecule has 1 saturated carbocycles. The molecule has 1 aromatic rings. The monoisotopic (exact) mass is 283 g/mol. The zero-order valence-electron chi connectivity index (χ0n) is 12.4. The maximum absolute atomic E-state index is 6.38. The minimum atomic E-state index is 0.519. The normalized spacial score (nSPS) is 19.4. The molecule has 0 spiro atoms. The summed E-state index contributed by atoms with van der Waals surface area (Å²) in [6.45, 7) is 1.98. The molecule has 19 heavy (non-hydrogen) atoms. The van der Waals surface area contributed by atoms with Crippen LogP contribution in [-0.4, -0.2) is 22.9 Å². The van der Waals surface area contributed by atoms with Crippen molar-refractivity contribution in [3.8, 4) is 0 Å². The Morgan fingerprint density at radius 1 is 1.32 bits per heavy atom. The van der Waals surface area contributed by atoms with E-state index in [4.69, 9.17) is 11.6 Å². The number of halogens is 1. The van der Waals surface area contributed by atoms with Crippen LogP contribution in [0.15, 0.2) is 0 Å². The van der Waals surface area contributed by atoms with Crippen molar-refractivity contribution in [2.75, 3.05) is 7.05 Å². The van der Waals surface area contributed by atoms with Gasteiger partial charge in [0.15, 0.2) is 0 Å². The van der Waals surface area contributed by atoms with E-state index in [0.717, 1.165) is 23.1 Å². The van der Waals surface area contributed by atoms with Crippen molar-refractivity contribution in [2.45, 2.75) is 57.9 Å². The Morgan fingerprint density at radius 2 is 1.95 bits per heavy atom. The van der Waals surface area contributed by atoms with Gasteiger partial charge in [0.25, 0.3) is 0 Å². The summed E-state index contributed by atoms with van der Waals surface area (Å²) in [5.41, 5.74) is 2.11. The molecule has 2 rings (SSSR count). The van der Waals surface area contributed by atoms with Crippen molar-refractivity contribution in [3.05, 3.63) is 16.4 Å². The molecule has 0 saturated heterocycles. The molecule has 0 amide bonds. The second kappa shape index (κ2) is 6.76. The quantitative estimate of drug-likeness (QED) is 0.858. The molecule has 0 bridgehead atoms. The Labute approximate surface area is 121 Å². The van der Waals surface area contributed by atoms with E-state index in [1.165, 1.54) is 44.2 Å². The predicted molar refractivity (Wildman–Crippen MR) is 80.7 cm³/mol. The summed E-state index contributed by atoms with van der Waals surface area (Å²) in [6.07, 6.45) is 9.23. The first kappa shape index (κ1) is 14.9. The molecule has 1 aromatic heterocycles. The zero-order valence-corrected chi connectivity index (χ0v) is 13.1. The van der Waals surface area contributed by atoms with Crippen molar-refractivity contribution in [1.82, 2.24) is 15.1 Å². The van der Waals surface area contributed by atoms with Crippen molar-refractivity contribution in [3.63, 3.8) is 0 Å². The molecule has 1 heterocycles. The number of hydrogen-bond donors (Lipinski definition) is 1. The highest BCUT2D eigenvalue weighted by Gasteiger charge is 2.24. The van der Waals surface area contributed by atoms with E-state index in [1.807, 2.05) is 18.7 Å². The number of nitrogens with zero attached hydrogens (tertiary/aromatic N) is 2. The summed E-state index contributed by atoms with van der Waals surface area (Å²) in [4.78, 5) is 0. The predicted octanol–water partition coefficient (Wildman–Crippen LogP) is 3.48. The number of aryl methyl sites for hydroxylation is 2. The van der Waals surface area contributed by atoms with Gasteiger partial charge in [-0.05, 0) is 32.7 Å². The lowest BCUT2D eigenvalue weighted by Crippen LogP contribution is -2.36. The van der Waals surface area contributed by atoms with Gasteiger partial charge in [-0.25, -0.2) is 0 Å². The zero-order chi connectivity index (χ0) is 13.8. The van der Waals surface area contributed by atoms with E-state index >= 15 is 0 Å². The number of aromatic nitrogens is 2. The lowest BCUT2D eigenvalue weighted by atomic mass is 9.89. The lowest BCUT2D eigenvalue weighted by molar-refractivity contribution is 0.328. The lowest BCUT2D eigenvalue weighted by Gasteiger charge is -2.26. The molecule has 0 aromatic carbocycles. The van der Waals surface area contributed by atoms with Crippen LogP contribution in [0.1, 0.15) is 49.9 Å². The molecule has 1 unspecified atom stereocenters. The summed E-state index contributed by atoms with van der Waals surface area (Å²) < 4.78 is 1.94. The topological polar surface area (TPSA) is 29.9 Å². The van der Waals surface area contributed by atoms with E-state index in [1.54, 1.807) is 0 Å². The molecule has 1 fully saturated rings. The maximum Gasteiger partial charge on any atom is 0.0847 e. The van der Waals surface area contributed by atoms with Crippen LogP contribution in [0.25, 0.3) is 0 Å². The molecule has 1 atom stereocenters. The highest BCUT2D eigenvalue weighted by Crippen LogP contribution is 2.29. The van der Waals surface area contributed by atoms with Crippen molar-refractivity contribution >= 4 is 11.6 Å². The maximum atomic E-state index is 6.38. The molecule has 4 heteroatoms. The van der Waals surface area contributed by atoms with Gasteiger partial charge in [0.2, 0.25) is 0 Å². The summed E-state index contributed by atoms with van der Waals surface area (Å²) in [6, 6.07) is 0.519. The van der Waals surface area contributed by atoms with Crippen LogP contribution in [0.3, 0.4) is 0 Å². The van der Waals surface area contributed by atoms with Gasteiger partial charge in [-0.1, -0.05) is 37.3 Å². The average Bonchev–Trinajstić information content (AvgIpc) is 2.64. The van der Waals surface area contributed by atoms with Gasteiger partial charge in [0.05, 0.1) is 16.4 Å². The van der Waals surface area contributed by atoms with E-state index in [9.17, 15) is 0 Å². The Hall–Kier alpha value is -0.540. The minimum Gasteiger partial charge on any atom is -0.316 e. The van der Waals surface area contributed by atoms with Crippen molar-refractivity contribution in [1.29, 1.82) is 0 Å². The molecular weight excluding hydrogens is 258 g/mol. The van der Waals surface area contributed by atoms with E-state index in [2.05, 4.69) is 17.5 Å². The minimum absolute atomic E-state index is 0.519. The second-order valence-electron chi connectivity index (χ2n) is 5.82.